The minimum atomic E-state index is -0.139. The number of rotatable bonds is 3. The van der Waals surface area contributed by atoms with E-state index in [2.05, 4.69) is 50.3 Å². The first-order valence-electron chi connectivity index (χ1n) is 5.97. The first-order chi connectivity index (χ1) is 9.15. The molecule has 0 aliphatic carbocycles. The summed E-state index contributed by atoms with van der Waals surface area (Å²) in [4.78, 5) is 4.64. The number of hydrogen-bond donors (Lipinski definition) is 0. The molecule has 0 saturated carbocycles. The van der Waals surface area contributed by atoms with E-state index >= 15 is 0 Å². The van der Waals surface area contributed by atoms with Crippen LogP contribution in [0, 0.1) is 3.57 Å². The van der Waals surface area contributed by atoms with Crippen LogP contribution in [-0.2, 0) is 6.54 Å². The largest absolute Gasteiger partial charge is 0.467 e. The lowest BCUT2D eigenvalue weighted by molar-refractivity contribution is 0.492. The van der Waals surface area contributed by atoms with E-state index < -0.39 is 0 Å². The Morgan fingerprint density at radius 3 is 2.95 bits per heavy atom. The van der Waals surface area contributed by atoms with Crippen LogP contribution in [0.1, 0.15) is 23.9 Å². The standard InChI is InChI=1S/C14H12ClIN2O/c1-9(15)14-17-12-7-10(16)4-5-13(12)18(14)8-11-3-2-6-19-11/h2-7,9H,8H2,1H3. The Morgan fingerprint density at radius 1 is 1.42 bits per heavy atom. The number of nitrogens with zero attached hydrogens (tertiary/aromatic N) is 2. The zero-order valence-electron chi connectivity index (χ0n) is 10.3. The number of imidazole rings is 1. The average Bonchev–Trinajstić information content (AvgIpc) is 2.97. The number of halogens is 2. The van der Waals surface area contributed by atoms with Gasteiger partial charge in [-0.3, -0.25) is 0 Å². The van der Waals surface area contributed by atoms with Crippen molar-refractivity contribution in [2.45, 2.75) is 18.8 Å². The minimum Gasteiger partial charge on any atom is -0.467 e. The quantitative estimate of drug-likeness (QED) is 0.487. The van der Waals surface area contributed by atoms with E-state index in [9.17, 15) is 0 Å². The molecule has 2 heterocycles. The van der Waals surface area contributed by atoms with Crippen molar-refractivity contribution in [3.63, 3.8) is 0 Å². The fourth-order valence-electron chi connectivity index (χ4n) is 2.15. The fraction of sp³-hybridized carbons (Fsp3) is 0.214. The highest BCUT2D eigenvalue weighted by molar-refractivity contribution is 14.1. The van der Waals surface area contributed by atoms with Gasteiger partial charge in [0.25, 0.3) is 0 Å². The highest BCUT2D eigenvalue weighted by Crippen LogP contribution is 2.26. The molecule has 0 spiro atoms. The molecule has 19 heavy (non-hydrogen) atoms. The maximum absolute atomic E-state index is 6.24. The normalized spacial score (nSPS) is 13.0. The van der Waals surface area contributed by atoms with Gasteiger partial charge in [-0.2, -0.15) is 0 Å². The third kappa shape index (κ3) is 2.51. The summed E-state index contributed by atoms with van der Waals surface area (Å²) in [5, 5.41) is -0.139. The molecule has 1 unspecified atom stereocenters. The maximum atomic E-state index is 6.24. The molecule has 2 aromatic heterocycles. The molecule has 0 aliphatic heterocycles. The molecular weight excluding hydrogens is 375 g/mol. The van der Waals surface area contributed by atoms with Gasteiger partial charge in [-0.15, -0.1) is 11.6 Å². The summed E-state index contributed by atoms with van der Waals surface area (Å²) in [5.74, 6) is 1.77. The van der Waals surface area contributed by atoms with Crippen LogP contribution in [0.5, 0.6) is 0 Å². The molecule has 0 radical (unpaired) electrons. The van der Waals surface area contributed by atoms with Crippen LogP contribution in [-0.4, -0.2) is 9.55 Å². The van der Waals surface area contributed by atoms with Crippen LogP contribution in [0.15, 0.2) is 41.0 Å². The number of hydrogen-bond acceptors (Lipinski definition) is 2. The molecule has 98 valence electrons. The van der Waals surface area contributed by atoms with E-state index in [4.69, 9.17) is 16.0 Å². The molecular formula is C14H12ClIN2O. The molecule has 5 heteroatoms. The van der Waals surface area contributed by atoms with Gasteiger partial charge in [0.1, 0.15) is 11.6 Å². The number of aromatic nitrogens is 2. The van der Waals surface area contributed by atoms with Crippen LogP contribution in [0.3, 0.4) is 0 Å². The predicted octanol–water partition coefficient (Wildman–Crippen LogP) is 4.58. The second-order valence-electron chi connectivity index (χ2n) is 4.38. The molecule has 0 saturated heterocycles. The topological polar surface area (TPSA) is 31.0 Å². The van der Waals surface area contributed by atoms with Crippen molar-refractivity contribution in [1.82, 2.24) is 9.55 Å². The summed E-state index contributed by atoms with van der Waals surface area (Å²) in [6.07, 6.45) is 1.68. The average molecular weight is 387 g/mol. The maximum Gasteiger partial charge on any atom is 0.128 e. The zero-order chi connectivity index (χ0) is 13.4. The van der Waals surface area contributed by atoms with Gasteiger partial charge >= 0.3 is 0 Å². The third-order valence-corrected chi connectivity index (χ3v) is 3.86. The van der Waals surface area contributed by atoms with E-state index in [1.807, 2.05) is 19.1 Å². The van der Waals surface area contributed by atoms with Crippen molar-refractivity contribution in [3.8, 4) is 0 Å². The van der Waals surface area contributed by atoms with Gasteiger partial charge in [0.2, 0.25) is 0 Å². The van der Waals surface area contributed by atoms with Gasteiger partial charge in [-0.25, -0.2) is 4.98 Å². The highest BCUT2D eigenvalue weighted by atomic mass is 127. The smallest absolute Gasteiger partial charge is 0.128 e. The summed E-state index contributed by atoms with van der Waals surface area (Å²) >= 11 is 8.53. The van der Waals surface area contributed by atoms with Crippen LogP contribution in [0.4, 0.5) is 0 Å². The number of furan rings is 1. The van der Waals surface area contributed by atoms with Crippen molar-refractivity contribution in [2.75, 3.05) is 0 Å². The van der Waals surface area contributed by atoms with Gasteiger partial charge in [0, 0.05) is 3.57 Å². The van der Waals surface area contributed by atoms with Crippen molar-refractivity contribution < 1.29 is 4.42 Å². The van der Waals surface area contributed by atoms with Crippen molar-refractivity contribution >= 4 is 45.2 Å². The van der Waals surface area contributed by atoms with Gasteiger partial charge in [0.15, 0.2) is 0 Å². The molecule has 1 atom stereocenters. The fourth-order valence-corrected chi connectivity index (χ4v) is 2.79. The van der Waals surface area contributed by atoms with E-state index in [-0.39, 0.29) is 5.38 Å². The first kappa shape index (κ1) is 13.0. The lowest BCUT2D eigenvalue weighted by atomic mass is 10.3. The number of fused-ring (bicyclic) bond motifs is 1. The second-order valence-corrected chi connectivity index (χ2v) is 6.28. The van der Waals surface area contributed by atoms with Crippen LogP contribution in [0.2, 0.25) is 0 Å². The summed E-state index contributed by atoms with van der Waals surface area (Å²) in [7, 11) is 0. The van der Waals surface area contributed by atoms with Gasteiger partial charge < -0.3 is 8.98 Å². The third-order valence-electron chi connectivity index (χ3n) is 2.99. The summed E-state index contributed by atoms with van der Waals surface area (Å²) in [5.41, 5.74) is 2.06. The van der Waals surface area contributed by atoms with Crippen LogP contribution in [0.25, 0.3) is 11.0 Å². The van der Waals surface area contributed by atoms with Gasteiger partial charge in [-0.05, 0) is 59.8 Å². The van der Waals surface area contributed by atoms with Crippen molar-refractivity contribution in [2.24, 2.45) is 0 Å². The Kier molecular flexibility index (Phi) is 3.54. The Hall–Kier alpha value is -1.01. The molecule has 0 amide bonds. The molecule has 0 N–H and O–H groups in total. The first-order valence-corrected chi connectivity index (χ1v) is 7.49. The Bertz CT molecular complexity index is 704. The van der Waals surface area contributed by atoms with Gasteiger partial charge in [0.05, 0.1) is 29.2 Å². The van der Waals surface area contributed by atoms with Crippen LogP contribution < -0.4 is 0 Å². The van der Waals surface area contributed by atoms with Crippen molar-refractivity contribution in [3.05, 3.63) is 51.7 Å². The van der Waals surface area contributed by atoms with E-state index in [1.165, 1.54) is 3.57 Å². The lowest BCUT2D eigenvalue weighted by Gasteiger charge is -2.08. The summed E-state index contributed by atoms with van der Waals surface area (Å²) in [6.45, 7) is 2.59. The second kappa shape index (κ2) is 5.17. The molecule has 0 fully saturated rings. The molecule has 3 nitrogen and oxygen atoms in total. The molecule has 3 rings (SSSR count). The Labute approximate surface area is 129 Å². The van der Waals surface area contributed by atoms with E-state index in [1.54, 1.807) is 6.26 Å². The highest BCUT2D eigenvalue weighted by Gasteiger charge is 2.16. The van der Waals surface area contributed by atoms with E-state index in [0.717, 1.165) is 22.6 Å². The zero-order valence-corrected chi connectivity index (χ0v) is 13.2. The van der Waals surface area contributed by atoms with Crippen molar-refractivity contribution in [1.29, 1.82) is 0 Å². The summed E-state index contributed by atoms with van der Waals surface area (Å²) in [6, 6.07) is 10.1. The molecule has 3 aromatic rings. The lowest BCUT2D eigenvalue weighted by Crippen LogP contribution is -2.05. The van der Waals surface area contributed by atoms with Gasteiger partial charge in [-0.1, -0.05) is 0 Å². The minimum absolute atomic E-state index is 0.139. The Balaban J connectivity index is 2.16. The number of benzene rings is 1. The molecule has 1 aromatic carbocycles. The SMILES string of the molecule is CC(Cl)c1nc2cc(I)ccc2n1Cc1ccco1. The molecule has 0 aliphatic rings. The van der Waals surface area contributed by atoms with Crippen LogP contribution >= 0.6 is 34.2 Å². The predicted molar refractivity (Wildman–Crippen MR) is 84.5 cm³/mol. The van der Waals surface area contributed by atoms with E-state index in [0.29, 0.717) is 6.54 Å². The Morgan fingerprint density at radius 2 is 2.26 bits per heavy atom. The number of alkyl halides is 1. The monoisotopic (exact) mass is 386 g/mol. The molecule has 0 bridgehead atoms. The summed E-state index contributed by atoms with van der Waals surface area (Å²) < 4.78 is 8.70.